The van der Waals surface area contributed by atoms with Crippen LogP contribution in [-0.4, -0.2) is 14.9 Å². The molecule has 0 radical (unpaired) electrons. The van der Waals surface area contributed by atoms with E-state index >= 15 is 0 Å². The van der Waals surface area contributed by atoms with Gasteiger partial charge in [0.1, 0.15) is 5.69 Å². The van der Waals surface area contributed by atoms with Crippen LogP contribution in [0.4, 0.5) is 0 Å². The smallest absolute Gasteiger partial charge is 0.164 e. The van der Waals surface area contributed by atoms with Crippen LogP contribution in [-0.2, 0) is 13.0 Å². The molecular formula is C16H22N2O. The van der Waals surface area contributed by atoms with E-state index in [1.54, 1.807) is 0 Å². The molecule has 2 rings (SSSR count). The predicted molar refractivity (Wildman–Crippen MR) is 78.4 cm³/mol. The second-order valence-electron chi connectivity index (χ2n) is 4.93. The van der Waals surface area contributed by atoms with Gasteiger partial charge < -0.3 is 5.11 Å². The maximum atomic E-state index is 10.4. The second kappa shape index (κ2) is 5.91. The summed E-state index contributed by atoms with van der Waals surface area (Å²) in [5.74, 6) is 0.346. The molecule has 3 heteroatoms. The van der Waals surface area contributed by atoms with Crippen LogP contribution in [0, 0.1) is 6.92 Å². The Kier molecular flexibility index (Phi) is 4.25. The number of hydrogen-bond donors (Lipinski definition) is 1. The minimum Gasteiger partial charge on any atom is -0.504 e. The fraction of sp³-hybridized carbons (Fsp3) is 0.438. The quantitative estimate of drug-likeness (QED) is 0.882. The zero-order valence-corrected chi connectivity index (χ0v) is 12.0. The maximum absolute atomic E-state index is 10.4. The summed E-state index contributed by atoms with van der Waals surface area (Å²) in [6, 6.07) is 8.12. The molecule has 1 aromatic carbocycles. The van der Waals surface area contributed by atoms with E-state index in [4.69, 9.17) is 0 Å². The fourth-order valence-electron chi connectivity index (χ4n) is 2.25. The van der Waals surface area contributed by atoms with Crippen molar-refractivity contribution in [3.05, 3.63) is 35.5 Å². The average Bonchev–Trinajstić information content (AvgIpc) is 2.74. The molecule has 0 spiro atoms. The highest BCUT2D eigenvalue weighted by Gasteiger charge is 2.17. The molecule has 0 atom stereocenters. The minimum absolute atomic E-state index is 0.346. The van der Waals surface area contributed by atoms with Crippen molar-refractivity contribution in [2.24, 2.45) is 0 Å². The van der Waals surface area contributed by atoms with Gasteiger partial charge >= 0.3 is 0 Å². The first-order valence-corrected chi connectivity index (χ1v) is 7.03. The van der Waals surface area contributed by atoms with Crippen molar-refractivity contribution in [3.8, 4) is 17.0 Å². The van der Waals surface area contributed by atoms with Gasteiger partial charge in [-0.1, -0.05) is 43.2 Å². The van der Waals surface area contributed by atoms with Gasteiger partial charge in [-0.3, -0.25) is 4.68 Å². The number of rotatable bonds is 5. The molecule has 1 N–H and O–H groups in total. The Morgan fingerprint density at radius 2 is 1.84 bits per heavy atom. The Balaban J connectivity index is 2.41. The van der Waals surface area contributed by atoms with Gasteiger partial charge in [-0.05, 0) is 26.7 Å². The normalized spacial score (nSPS) is 10.9. The predicted octanol–water partition coefficient (Wildman–Crippen LogP) is 3.93. The Hall–Kier alpha value is -1.77. The van der Waals surface area contributed by atoms with E-state index in [1.165, 1.54) is 5.56 Å². The third kappa shape index (κ3) is 2.80. The third-order valence-electron chi connectivity index (χ3n) is 3.42. The molecular weight excluding hydrogens is 236 g/mol. The van der Waals surface area contributed by atoms with Gasteiger partial charge in [-0.25, -0.2) is 0 Å². The van der Waals surface area contributed by atoms with Crippen LogP contribution in [0.2, 0.25) is 0 Å². The number of aromatic hydroxyl groups is 1. The molecule has 0 saturated heterocycles. The summed E-state index contributed by atoms with van der Waals surface area (Å²) < 4.78 is 1.92. The molecule has 3 nitrogen and oxygen atoms in total. The van der Waals surface area contributed by atoms with Crippen LogP contribution in [0.15, 0.2) is 24.3 Å². The van der Waals surface area contributed by atoms with Crippen LogP contribution >= 0.6 is 0 Å². The van der Waals surface area contributed by atoms with Crippen LogP contribution in [0.5, 0.6) is 5.75 Å². The lowest BCUT2D eigenvalue weighted by molar-refractivity contribution is 0.463. The van der Waals surface area contributed by atoms with E-state index < -0.39 is 0 Å². The number of aryl methyl sites for hydroxylation is 2. The van der Waals surface area contributed by atoms with Crippen LogP contribution in [0.3, 0.4) is 0 Å². The highest BCUT2D eigenvalue weighted by atomic mass is 16.3. The summed E-state index contributed by atoms with van der Waals surface area (Å²) in [5, 5.41) is 15.0. The third-order valence-corrected chi connectivity index (χ3v) is 3.42. The van der Waals surface area contributed by atoms with E-state index in [0.717, 1.165) is 37.1 Å². The van der Waals surface area contributed by atoms with Gasteiger partial charge in [0.05, 0.1) is 5.69 Å². The molecule has 0 aliphatic carbocycles. The number of hydrogen-bond acceptors (Lipinski definition) is 2. The van der Waals surface area contributed by atoms with Crippen LogP contribution in [0.25, 0.3) is 11.3 Å². The molecule has 0 aliphatic heterocycles. The van der Waals surface area contributed by atoms with Crippen molar-refractivity contribution in [1.29, 1.82) is 0 Å². The van der Waals surface area contributed by atoms with E-state index in [9.17, 15) is 5.11 Å². The number of unbranched alkanes of at least 4 members (excludes halogenated alkanes) is 1. The zero-order valence-electron chi connectivity index (χ0n) is 12.0. The summed E-state index contributed by atoms with van der Waals surface area (Å²) in [7, 11) is 0. The summed E-state index contributed by atoms with van der Waals surface area (Å²) >= 11 is 0. The first-order chi connectivity index (χ1) is 9.17. The zero-order chi connectivity index (χ0) is 13.8. The van der Waals surface area contributed by atoms with Crippen LogP contribution in [0.1, 0.15) is 37.9 Å². The Bertz CT molecular complexity index is 541. The molecule has 102 valence electrons. The molecule has 2 aromatic rings. The first-order valence-electron chi connectivity index (χ1n) is 7.03. The molecule has 0 saturated carbocycles. The monoisotopic (exact) mass is 258 g/mol. The second-order valence-corrected chi connectivity index (χ2v) is 4.93. The van der Waals surface area contributed by atoms with Crippen molar-refractivity contribution in [1.82, 2.24) is 9.78 Å². The van der Waals surface area contributed by atoms with Gasteiger partial charge in [0.25, 0.3) is 0 Å². The Labute approximate surface area is 114 Å². The Morgan fingerprint density at radius 1 is 1.16 bits per heavy atom. The van der Waals surface area contributed by atoms with Crippen molar-refractivity contribution in [2.75, 3.05) is 0 Å². The highest BCUT2D eigenvalue weighted by Crippen LogP contribution is 2.32. The van der Waals surface area contributed by atoms with Crippen molar-refractivity contribution in [3.63, 3.8) is 0 Å². The van der Waals surface area contributed by atoms with E-state index in [-0.39, 0.29) is 0 Å². The van der Waals surface area contributed by atoms with Gasteiger partial charge in [-0.15, -0.1) is 0 Å². The molecule has 19 heavy (non-hydrogen) atoms. The molecule has 1 heterocycles. The van der Waals surface area contributed by atoms with Gasteiger partial charge in [0, 0.05) is 12.1 Å². The number of nitrogens with zero attached hydrogens (tertiary/aromatic N) is 2. The first kappa shape index (κ1) is 13.7. The molecule has 0 aliphatic rings. The lowest BCUT2D eigenvalue weighted by atomic mass is 10.1. The van der Waals surface area contributed by atoms with E-state index in [2.05, 4.69) is 25.9 Å². The summed E-state index contributed by atoms with van der Waals surface area (Å²) in [5.41, 5.74) is 3.85. The van der Waals surface area contributed by atoms with Gasteiger partial charge in [0.2, 0.25) is 0 Å². The summed E-state index contributed by atoms with van der Waals surface area (Å²) in [6.07, 6.45) is 3.08. The minimum atomic E-state index is 0.346. The maximum Gasteiger partial charge on any atom is 0.164 e. The SMILES string of the molecule is CCCCc1c(O)c(-c2ccc(C)cc2)nn1CC. The average molecular weight is 258 g/mol. The molecule has 0 unspecified atom stereocenters. The van der Waals surface area contributed by atoms with Gasteiger partial charge in [0.15, 0.2) is 5.75 Å². The lowest BCUT2D eigenvalue weighted by Crippen LogP contribution is -2.02. The van der Waals surface area contributed by atoms with E-state index in [0.29, 0.717) is 11.4 Å². The van der Waals surface area contributed by atoms with Crippen molar-refractivity contribution < 1.29 is 5.11 Å². The summed E-state index contributed by atoms with van der Waals surface area (Å²) in [6.45, 7) is 7.06. The molecule has 0 amide bonds. The largest absolute Gasteiger partial charge is 0.504 e. The molecule has 1 aromatic heterocycles. The fourth-order valence-corrected chi connectivity index (χ4v) is 2.25. The van der Waals surface area contributed by atoms with Crippen molar-refractivity contribution in [2.45, 2.75) is 46.6 Å². The lowest BCUT2D eigenvalue weighted by Gasteiger charge is -2.03. The highest BCUT2D eigenvalue weighted by molar-refractivity contribution is 5.67. The van der Waals surface area contributed by atoms with Crippen LogP contribution < -0.4 is 0 Å². The molecule has 0 bridgehead atoms. The Morgan fingerprint density at radius 3 is 2.42 bits per heavy atom. The van der Waals surface area contributed by atoms with Gasteiger partial charge in [-0.2, -0.15) is 5.10 Å². The van der Waals surface area contributed by atoms with Crippen molar-refractivity contribution >= 4 is 0 Å². The topological polar surface area (TPSA) is 38.1 Å². The standard InChI is InChI=1S/C16H22N2O/c1-4-6-7-14-16(19)15(17-18(14)5-2)13-10-8-12(3)9-11-13/h8-11,19H,4-7H2,1-3H3. The molecule has 0 fully saturated rings. The number of benzene rings is 1. The number of aromatic nitrogens is 2. The summed E-state index contributed by atoms with van der Waals surface area (Å²) in [4.78, 5) is 0. The van der Waals surface area contributed by atoms with E-state index in [1.807, 2.05) is 28.9 Å².